The summed E-state index contributed by atoms with van der Waals surface area (Å²) in [5.74, 6) is 0.674. The van der Waals surface area contributed by atoms with E-state index >= 15 is 0 Å². The van der Waals surface area contributed by atoms with Gasteiger partial charge in [-0.15, -0.1) is 0 Å². The molecule has 0 aliphatic rings. The molecule has 2 N–H and O–H groups in total. The Kier molecular flexibility index (Phi) is 6.40. The van der Waals surface area contributed by atoms with Crippen molar-refractivity contribution < 1.29 is 9.53 Å². The van der Waals surface area contributed by atoms with Crippen LogP contribution in [0.5, 0.6) is 0 Å². The average molecular weight is 368 g/mol. The minimum atomic E-state index is -0.0911. The van der Waals surface area contributed by atoms with Crippen molar-refractivity contribution in [3.8, 4) is 0 Å². The molecule has 7 heteroatoms. The summed E-state index contributed by atoms with van der Waals surface area (Å²) >= 11 is 1.57. The highest BCUT2D eigenvalue weighted by Gasteiger charge is 2.08. The molecule has 3 aromatic rings. The van der Waals surface area contributed by atoms with Crippen LogP contribution in [0, 0.1) is 0 Å². The zero-order chi connectivity index (χ0) is 18.2. The highest BCUT2D eigenvalue weighted by atomic mass is 32.2. The second-order valence-corrected chi connectivity index (χ2v) is 6.62. The molecule has 26 heavy (non-hydrogen) atoms. The molecule has 0 spiro atoms. The van der Waals surface area contributed by atoms with Gasteiger partial charge in [-0.3, -0.25) is 9.89 Å². The summed E-state index contributed by atoms with van der Waals surface area (Å²) in [6, 6.07) is 15.5. The number of amides is 1. The molecule has 0 atom stereocenters. The Labute approximate surface area is 156 Å². The molecule has 1 heterocycles. The first-order valence-corrected chi connectivity index (χ1v) is 9.16. The minimum absolute atomic E-state index is 0.0911. The van der Waals surface area contributed by atoms with E-state index in [-0.39, 0.29) is 5.91 Å². The summed E-state index contributed by atoms with van der Waals surface area (Å²) in [6.45, 7) is 1.01. The molecule has 134 valence electrons. The number of hydrogen-bond donors (Lipinski definition) is 2. The largest absolute Gasteiger partial charge is 0.380 e. The molecule has 2 aromatic carbocycles. The number of ether oxygens (including phenoxy) is 1. The van der Waals surface area contributed by atoms with Gasteiger partial charge < -0.3 is 10.1 Å². The van der Waals surface area contributed by atoms with Crippen molar-refractivity contribution in [3.05, 3.63) is 77.1 Å². The van der Waals surface area contributed by atoms with Crippen molar-refractivity contribution in [2.24, 2.45) is 0 Å². The van der Waals surface area contributed by atoms with E-state index < -0.39 is 0 Å². The Bertz CT molecular complexity index is 835. The van der Waals surface area contributed by atoms with Crippen LogP contribution in [0.15, 0.2) is 60.0 Å². The van der Waals surface area contributed by atoms with E-state index in [1.165, 1.54) is 6.33 Å². The fourth-order valence-electron chi connectivity index (χ4n) is 2.47. The van der Waals surface area contributed by atoms with E-state index in [9.17, 15) is 4.79 Å². The normalized spacial score (nSPS) is 10.7. The molecule has 3 rings (SSSR count). The van der Waals surface area contributed by atoms with Crippen LogP contribution in [0.1, 0.15) is 27.0 Å². The number of hydrogen-bond acceptors (Lipinski definition) is 5. The first-order valence-electron chi connectivity index (χ1n) is 8.17. The van der Waals surface area contributed by atoms with Gasteiger partial charge in [0.15, 0.2) is 5.16 Å². The van der Waals surface area contributed by atoms with Crippen LogP contribution in [-0.2, 0) is 23.6 Å². The molecule has 6 nitrogen and oxygen atoms in total. The fraction of sp³-hybridized carbons (Fsp3) is 0.211. The molecule has 0 unspecified atom stereocenters. The van der Waals surface area contributed by atoms with E-state index in [1.807, 2.05) is 48.5 Å². The molecular formula is C19H20N4O2S. The highest BCUT2D eigenvalue weighted by Crippen LogP contribution is 2.18. The lowest BCUT2D eigenvalue weighted by Gasteiger charge is -2.10. The maximum absolute atomic E-state index is 12.4. The topological polar surface area (TPSA) is 79.9 Å². The van der Waals surface area contributed by atoms with Crippen LogP contribution in [0.25, 0.3) is 0 Å². The Morgan fingerprint density at radius 3 is 2.62 bits per heavy atom. The molecule has 1 aromatic heterocycles. The van der Waals surface area contributed by atoms with Crippen LogP contribution in [0.4, 0.5) is 0 Å². The van der Waals surface area contributed by atoms with Crippen molar-refractivity contribution in [1.29, 1.82) is 0 Å². The number of nitrogens with zero attached hydrogens (tertiary/aromatic N) is 2. The SMILES string of the molecule is COCc1ccccc1CNC(=O)c1ccc(CSc2ncn[nH]2)cc1. The number of H-pyrrole nitrogens is 1. The molecular weight excluding hydrogens is 348 g/mol. The number of carbonyl (C=O) groups excluding carboxylic acids is 1. The maximum Gasteiger partial charge on any atom is 0.251 e. The van der Waals surface area contributed by atoms with Gasteiger partial charge in [0.05, 0.1) is 6.61 Å². The second-order valence-electron chi connectivity index (χ2n) is 5.66. The fourth-order valence-corrected chi connectivity index (χ4v) is 3.21. The smallest absolute Gasteiger partial charge is 0.251 e. The molecule has 1 amide bonds. The molecule has 0 aliphatic carbocycles. The van der Waals surface area contributed by atoms with E-state index in [0.717, 1.165) is 27.6 Å². The Morgan fingerprint density at radius 2 is 1.92 bits per heavy atom. The first kappa shape index (κ1) is 18.2. The van der Waals surface area contributed by atoms with Crippen LogP contribution in [-0.4, -0.2) is 28.2 Å². The van der Waals surface area contributed by atoms with Gasteiger partial charge in [-0.05, 0) is 28.8 Å². The number of benzene rings is 2. The second kappa shape index (κ2) is 9.17. The summed E-state index contributed by atoms with van der Waals surface area (Å²) in [7, 11) is 1.66. The van der Waals surface area contributed by atoms with Crippen molar-refractivity contribution in [2.75, 3.05) is 7.11 Å². The lowest BCUT2D eigenvalue weighted by Crippen LogP contribution is -2.23. The maximum atomic E-state index is 12.4. The Hall–Kier alpha value is -2.64. The number of aromatic nitrogens is 3. The zero-order valence-corrected chi connectivity index (χ0v) is 15.3. The van der Waals surface area contributed by atoms with Gasteiger partial charge in [-0.25, -0.2) is 4.98 Å². The van der Waals surface area contributed by atoms with E-state index in [0.29, 0.717) is 18.7 Å². The molecule has 0 fully saturated rings. The minimum Gasteiger partial charge on any atom is -0.380 e. The van der Waals surface area contributed by atoms with Crippen LogP contribution in [0.2, 0.25) is 0 Å². The van der Waals surface area contributed by atoms with Crippen LogP contribution >= 0.6 is 11.8 Å². The Balaban J connectivity index is 1.55. The molecule has 0 bridgehead atoms. The number of rotatable bonds is 8. The van der Waals surface area contributed by atoms with Gasteiger partial charge in [0.1, 0.15) is 6.33 Å². The van der Waals surface area contributed by atoms with Gasteiger partial charge in [-0.1, -0.05) is 48.2 Å². The number of carbonyl (C=O) groups is 1. The van der Waals surface area contributed by atoms with Gasteiger partial charge in [0, 0.05) is 25.0 Å². The Morgan fingerprint density at radius 1 is 1.15 bits per heavy atom. The monoisotopic (exact) mass is 368 g/mol. The summed E-state index contributed by atoms with van der Waals surface area (Å²) in [5.41, 5.74) is 3.90. The number of nitrogens with one attached hydrogen (secondary N) is 2. The third-order valence-corrected chi connectivity index (χ3v) is 4.79. The molecule has 0 radical (unpaired) electrons. The quantitative estimate of drug-likeness (QED) is 0.597. The van der Waals surface area contributed by atoms with Crippen molar-refractivity contribution in [1.82, 2.24) is 20.5 Å². The summed E-state index contributed by atoms with van der Waals surface area (Å²) in [5, 5.41) is 10.4. The number of aromatic amines is 1. The van der Waals surface area contributed by atoms with Crippen molar-refractivity contribution >= 4 is 17.7 Å². The van der Waals surface area contributed by atoms with E-state index in [4.69, 9.17) is 4.74 Å². The van der Waals surface area contributed by atoms with E-state index in [2.05, 4.69) is 20.5 Å². The van der Waals surface area contributed by atoms with Gasteiger partial charge in [-0.2, -0.15) is 5.10 Å². The number of thioether (sulfide) groups is 1. The summed E-state index contributed by atoms with van der Waals surface area (Å²) in [4.78, 5) is 16.4. The first-order chi connectivity index (χ1) is 12.8. The predicted molar refractivity (Wildman–Crippen MR) is 101 cm³/mol. The van der Waals surface area contributed by atoms with E-state index in [1.54, 1.807) is 18.9 Å². The summed E-state index contributed by atoms with van der Waals surface area (Å²) < 4.78 is 5.20. The van der Waals surface area contributed by atoms with Gasteiger partial charge in [0.2, 0.25) is 0 Å². The van der Waals surface area contributed by atoms with Crippen molar-refractivity contribution in [3.63, 3.8) is 0 Å². The molecule has 0 saturated heterocycles. The third kappa shape index (κ3) is 4.93. The van der Waals surface area contributed by atoms with Crippen molar-refractivity contribution in [2.45, 2.75) is 24.1 Å². The van der Waals surface area contributed by atoms with Gasteiger partial charge >= 0.3 is 0 Å². The lowest BCUT2D eigenvalue weighted by molar-refractivity contribution is 0.0950. The average Bonchev–Trinajstić information content (AvgIpc) is 3.20. The molecule has 0 saturated carbocycles. The highest BCUT2D eigenvalue weighted by molar-refractivity contribution is 7.98. The number of methoxy groups -OCH3 is 1. The van der Waals surface area contributed by atoms with Crippen LogP contribution in [0.3, 0.4) is 0 Å². The third-order valence-electron chi connectivity index (χ3n) is 3.84. The van der Waals surface area contributed by atoms with Gasteiger partial charge in [0.25, 0.3) is 5.91 Å². The van der Waals surface area contributed by atoms with Crippen LogP contribution < -0.4 is 5.32 Å². The summed E-state index contributed by atoms with van der Waals surface area (Å²) in [6.07, 6.45) is 1.49. The predicted octanol–water partition coefficient (Wildman–Crippen LogP) is 3.17. The molecule has 0 aliphatic heterocycles. The lowest BCUT2D eigenvalue weighted by atomic mass is 10.1. The standard InChI is InChI=1S/C19H20N4O2S/c1-25-11-17-5-3-2-4-16(17)10-20-18(24)15-8-6-14(7-9-15)12-26-19-21-13-22-23-19/h2-9,13H,10-12H2,1H3,(H,20,24)(H,21,22,23). The zero-order valence-electron chi connectivity index (χ0n) is 14.4.